The number of rotatable bonds is 4. The van der Waals surface area contributed by atoms with Crippen molar-refractivity contribution in [2.45, 2.75) is 12.3 Å². The number of carbonyl (C=O) groups is 1. The van der Waals surface area contributed by atoms with Gasteiger partial charge in [0, 0.05) is 11.9 Å². The fourth-order valence-electron chi connectivity index (χ4n) is 0.412. The third-order valence-corrected chi connectivity index (χ3v) is 2.09. The van der Waals surface area contributed by atoms with Crippen molar-refractivity contribution < 1.29 is 17.9 Å². The van der Waals surface area contributed by atoms with Gasteiger partial charge in [-0.1, -0.05) is 0 Å². The Morgan fingerprint density at radius 1 is 1.62 bits per heavy atom. The molecule has 0 saturated carbocycles. The summed E-state index contributed by atoms with van der Waals surface area (Å²) in [5, 5.41) is -0.353. The summed E-state index contributed by atoms with van der Waals surface area (Å²) in [6.45, 7) is 1.65. The quantitative estimate of drug-likeness (QED) is 0.656. The minimum Gasteiger partial charge on any atom is -0.452 e. The van der Waals surface area contributed by atoms with E-state index in [1.54, 1.807) is 11.6 Å². The Hall–Kier alpha value is -0.530. The molecule has 0 aliphatic rings. The average molecular weight is 231 g/mol. The Labute approximate surface area is 81.8 Å². The van der Waals surface area contributed by atoms with E-state index in [4.69, 9.17) is 11.6 Å². The van der Waals surface area contributed by atoms with Gasteiger partial charge in [0.1, 0.15) is 0 Å². The second-order valence-corrected chi connectivity index (χ2v) is 4.47. The normalized spacial score (nSPS) is 13.5. The summed E-state index contributed by atoms with van der Waals surface area (Å²) < 4.78 is 29.6. The van der Waals surface area contributed by atoms with E-state index in [1.165, 1.54) is 0 Å². The number of halogens is 1. The van der Waals surface area contributed by atoms with E-state index in [9.17, 15) is 13.2 Å². The molecule has 0 fully saturated rings. The van der Waals surface area contributed by atoms with Crippen LogP contribution in [0.1, 0.15) is 6.92 Å². The molecule has 0 heterocycles. The Balaban J connectivity index is 4.02. The molecule has 1 unspecified atom stereocenters. The van der Waals surface area contributed by atoms with Crippen LogP contribution in [0.4, 0.5) is 4.79 Å². The number of carbonyl (C=O) groups excluding carboxylic acids is 1. The van der Waals surface area contributed by atoms with Gasteiger partial charge in [-0.2, -0.15) is 13.1 Å². The molecule has 78 valence electrons. The SMILES string of the molecule is COC(=O)NS(=O)(=O)NCC(C)Cl. The van der Waals surface area contributed by atoms with Gasteiger partial charge in [0.2, 0.25) is 0 Å². The molecular weight excluding hydrogens is 220 g/mol. The molecule has 0 aromatic heterocycles. The van der Waals surface area contributed by atoms with Crippen LogP contribution in [0, 0.1) is 0 Å². The van der Waals surface area contributed by atoms with E-state index in [-0.39, 0.29) is 11.9 Å². The van der Waals surface area contributed by atoms with Crippen LogP contribution >= 0.6 is 11.6 Å². The summed E-state index contributed by atoms with van der Waals surface area (Å²) in [6.07, 6.45) is -1.05. The summed E-state index contributed by atoms with van der Waals surface area (Å²) in [4.78, 5) is 10.5. The molecule has 6 nitrogen and oxygen atoms in total. The standard InChI is InChI=1S/C5H11ClN2O4S/c1-4(6)3-7-13(10,11)8-5(9)12-2/h4,7H,3H2,1-2H3,(H,8,9). The highest BCUT2D eigenvalue weighted by Crippen LogP contribution is 1.90. The minimum absolute atomic E-state index is 0.0356. The molecule has 0 radical (unpaired) electrons. The van der Waals surface area contributed by atoms with Crippen molar-refractivity contribution in [3.8, 4) is 0 Å². The molecule has 0 bridgehead atoms. The summed E-state index contributed by atoms with van der Waals surface area (Å²) in [5.41, 5.74) is 0. The molecule has 8 heteroatoms. The van der Waals surface area contributed by atoms with Gasteiger partial charge >= 0.3 is 16.3 Å². The molecule has 0 aliphatic heterocycles. The monoisotopic (exact) mass is 230 g/mol. The first kappa shape index (κ1) is 12.5. The predicted molar refractivity (Wildman–Crippen MR) is 47.8 cm³/mol. The van der Waals surface area contributed by atoms with Gasteiger partial charge in [-0.05, 0) is 6.92 Å². The number of nitrogens with one attached hydrogen (secondary N) is 2. The van der Waals surface area contributed by atoms with Crippen LogP contribution < -0.4 is 9.44 Å². The fourth-order valence-corrected chi connectivity index (χ4v) is 1.42. The highest BCUT2D eigenvalue weighted by Gasteiger charge is 2.14. The van der Waals surface area contributed by atoms with E-state index in [0.29, 0.717) is 0 Å². The van der Waals surface area contributed by atoms with Gasteiger partial charge in [-0.3, -0.25) is 0 Å². The molecule has 2 N–H and O–H groups in total. The number of hydrogen-bond donors (Lipinski definition) is 2. The largest absolute Gasteiger partial charge is 0.452 e. The van der Waals surface area contributed by atoms with Crippen molar-refractivity contribution in [2.75, 3.05) is 13.7 Å². The lowest BCUT2D eigenvalue weighted by molar-refractivity contribution is 0.177. The number of amides is 1. The maximum Gasteiger partial charge on any atom is 0.421 e. The van der Waals surface area contributed by atoms with Crippen molar-refractivity contribution >= 4 is 27.9 Å². The van der Waals surface area contributed by atoms with Gasteiger partial charge in [0.15, 0.2) is 0 Å². The number of methoxy groups -OCH3 is 1. The van der Waals surface area contributed by atoms with Crippen LogP contribution in [0.2, 0.25) is 0 Å². The van der Waals surface area contributed by atoms with Gasteiger partial charge in [0.25, 0.3) is 0 Å². The molecule has 0 rings (SSSR count). The van der Waals surface area contributed by atoms with E-state index in [0.717, 1.165) is 7.11 Å². The maximum atomic E-state index is 10.9. The topological polar surface area (TPSA) is 84.5 Å². The maximum absolute atomic E-state index is 10.9. The first-order valence-corrected chi connectivity index (χ1v) is 5.29. The molecule has 0 spiro atoms. The summed E-state index contributed by atoms with van der Waals surface area (Å²) in [5.74, 6) is 0. The lowest BCUT2D eigenvalue weighted by Gasteiger charge is -2.07. The molecular formula is C5H11ClN2O4S. The summed E-state index contributed by atoms with van der Waals surface area (Å²) in [7, 11) is -2.78. The van der Waals surface area contributed by atoms with Crippen LogP contribution in [-0.4, -0.2) is 33.5 Å². The van der Waals surface area contributed by atoms with Crippen molar-refractivity contribution in [3.63, 3.8) is 0 Å². The molecule has 13 heavy (non-hydrogen) atoms. The van der Waals surface area contributed by atoms with Crippen molar-refractivity contribution in [1.29, 1.82) is 0 Å². The van der Waals surface area contributed by atoms with Gasteiger partial charge in [-0.15, -0.1) is 11.6 Å². The Kier molecular flexibility index (Phi) is 5.04. The lowest BCUT2D eigenvalue weighted by atomic mass is 10.5. The van der Waals surface area contributed by atoms with E-state index >= 15 is 0 Å². The average Bonchev–Trinajstić information content (AvgIpc) is 2.00. The zero-order valence-electron chi connectivity index (χ0n) is 7.20. The summed E-state index contributed by atoms with van der Waals surface area (Å²) in [6, 6.07) is 0. The predicted octanol–water partition coefficient (Wildman–Crippen LogP) is -0.196. The molecule has 1 atom stereocenters. The molecule has 0 aromatic carbocycles. The van der Waals surface area contributed by atoms with Gasteiger partial charge in [-0.25, -0.2) is 9.52 Å². The van der Waals surface area contributed by atoms with Crippen LogP contribution in [-0.2, 0) is 14.9 Å². The van der Waals surface area contributed by atoms with Crippen LogP contribution in [0.15, 0.2) is 0 Å². The first-order chi connectivity index (χ1) is 5.87. The summed E-state index contributed by atoms with van der Waals surface area (Å²) >= 11 is 5.48. The Morgan fingerprint density at radius 2 is 2.15 bits per heavy atom. The van der Waals surface area contributed by atoms with E-state index in [1.807, 2.05) is 0 Å². The lowest BCUT2D eigenvalue weighted by Crippen LogP contribution is -2.41. The number of hydrogen-bond acceptors (Lipinski definition) is 4. The zero-order chi connectivity index (χ0) is 10.5. The Bertz CT molecular complexity index is 264. The minimum atomic E-state index is -3.85. The molecule has 0 saturated heterocycles. The van der Waals surface area contributed by atoms with Crippen LogP contribution in [0.25, 0.3) is 0 Å². The zero-order valence-corrected chi connectivity index (χ0v) is 8.78. The van der Waals surface area contributed by atoms with E-state index < -0.39 is 16.3 Å². The third kappa shape index (κ3) is 6.62. The van der Waals surface area contributed by atoms with Crippen LogP contribution in [0.5, 0.6) is 0 Å². The Morgan fingerprint density at radius 3 is 2.54 bits per heavy atom. The highest BCUT2D eigenvalue weighted by atomic mass is 35.5. The van der Waals surface area contributed by atoms with Gasteiger partial charge in [0.05, 0.1) is 7.11 Å². The molecule has 0 aromatic rings. The number of alkyl halides is 1. The first-order valence-electron chi connectivity index (χ1n) is 3.37. The third-order valence-electron chi connectivity index (χ3n) is 0.958. The highest BCUT2D eigenvalue weighted by molar-refractivity contribution is 7.88. The van der Waals surface area contributed by atoms with Crippen molar-refractivity contribution in [1.82, 2.24) is 9.44 Å². The second-order valence-electron chi connectivity index (χ2n) is 2.23. The molecule has 0 aliphatic carbocycles. The van der Waals surface area contributed by atoms with Gasteiger partial charge < -0.3 is 4.74 Å². The van der Waals surface area contributed by atoms with Crippen molar-refractivity contribution in [2.24, 2.45) is 0 Å². The fraction of sp³-hybridized carbons (Fsp3) is 0.800. The smallest absolute Gasteiger partial charge is 0.421 e. The van der Waals surface area contributed by atoms with E-state index in [2.05, 4.69) is 9.46 Å². The number of ether oxygens (including phenoxy) is 1. The van der Waals surface area contributed by atoms with Crippen LogP contribution in [0.3, 0.4) is 0 Å². The molecule has 1 amide bonds. The second kappa shape index (κ2) is 5.25. The van der Waals surface area contributed by atoms with Crippen molar-refractivity contribution in [3.05, 3.63) is 0 Å².